The number of halogens is 1. The summed E-state index contributed by atoms with van der Waals surface area (Å²) in [5.74, 6) is 0. The average Bonchev–Trinajstić information content (AvgIpc) is 2.45. The van der Waals surface area contributed by atoms with E-state index in [1.54, 1.807) is 4.90 Å². The van der Waals surface area contributed by atoms with E-state index >= 15 is 0 Å². The smallest absolute Gasteiger partial charge is 0.410 e. The number of anilines is 1. The molecule has 1 fully saturated rings. The van der Waals surface area contributed by atoms with Crippen LogP contribution in [-0.2, 0) is 11.2 Å². The second kappa shape index (κ2) is 6.90. The van der Waals surface area contributed by atoms with Gasteiger partial charge >= 0.3 is 6.09 Å². The molecule has 2 rings (SSSR count). The van der Waals surface area contributed by atoms with E-state index in [0.29, 0.717) is 13.1 Å². The van der Waals surface area contributed by atoms with Crippen LogP contribution in [0.4, 0.5) is 10.5 Å². The van der Waals surface area contributed by atoms with Gasteiger partial charge in [0.1, 0.15) is 5.60 Å². The number of piperazine rings is 1. The number of benzene rings is 1. The van der Waals surface area contributed by atoms with Gasteiger partial charge in [-0.25, -0.2) is 4.79 Å². The van der Waals surface area contributed by atoms with Gasteiger partial charge in [-0.05, 0) is 54.8 Å². The lowest BCUT2D eigenvalue weighted by atomic mass is 10.1. The predicted octanol–water partition coefficient (Wildman–Crippen LogP) is 4.07. The van der Waals surface area contributed by atoms with Gasteiger partial charge in [0.15, 0.2) is 0 Å². The van der Waals surface area contributed by atoms with Crippen molar-refractivity contribution in [2.24, 2.45) is 0 Å². The number of aryl methyl sites for hydroxylation is 1. The molecular formula is C17H25BrN2O2. The third kappa shape index (κ3) is 4.15. The number of para-hydroxylation sites is 1. The number of rotatable bonds is 2. The van der Waals surface area contributed by atoms with E-state index in [1.165, 1.54) is 11.3 Å². The number of amides is 1. The molecule has 122 valence electrons. The van der Waals surface area contributed by atoms with Crippen LogP contribution in [0, 0.1) is 0 Å². The van der Waals surface area contributed by atoms with Gasteiger partial charge in [0.05, 0.1) is 5.69 Å². The standard InChI is InChI=1S/C17H25BrN2O2/c1-5-13-7-6-8-14(18)15(13)19-9-11-20(12-10-19)16(21)22-17(2,3)4/h6-8H,5,9-12H2,1-4H3. The second-order valence-corrected chi connectivity index (χ2v) is 7.41. The van der Waals surface area contributed by atoms with Crippen LogP contribution in [0.2, 0.25) is 0 Å². The summed E-state index contributed by atoms with van der Waals surface area (Å²) in [6.07, 6.45) is 0.788. The first-order valence-electron chi connectivity index (χ1n) is 7.82. The van der Waals surface area contributed by atoms with Crippen molar-refractivity contribution in [3.63, 3.8) is 0 Å². The second-order valence-electron chi connectivity index (χ2n) is 6.56. The van der Waals surface area contributed by atoms with Crippen LogP contribution in [-0.4, -0.2) is 42.8 Å². The van der Waals surface area contributed by atoms with E-state index in [4.69, 9.17) is 4.74 Å². The molecule has 5 heteroatoms. The zero-order valence-corrected chi connectivity index (χ0v) is 15.4. The Labute approximate surface area is 141 Å². The molecule has 0 saturated carbocycles. The summed E-state index contributed by atoms with van der Waals surface area (Å²) in [6.45, 7) is 10.9. The van der Waals surface area contributed by atoms with Crippen molar-refractivity contribution in [2.75, 3.05) is 31.1 Å². The van der Waals surface area contributed by atoms with Gasteiger partial charge in [-0.2, -0.15) is 0 Å². The SMILES string of the molecule is CCc1cccc(Br)c1N1CCN(C(=O)OC(C)(C)C)CC1. The molecule has 0 aromatic heterocycles. The summed E-state index contributed by atoms with van der Waals surface area (Å²) in [7, 11) is 0. The summed E-state index contributed by atoms with van der Waals surface area (Å²) >= 11 is 3.66. The Morgan fingerprint density at radius 2 is 1.86 bits per heavy atom. The number of nitrogens with zero attached hydrogens (tertiary/aromatic N) is 2. The molecule has 1 heterocycles. The van der Waals surface area contributed by atoms with E-state index in [2.05, 4.69) is 46.0 Å². The van der Waals surface area contributed by atoms with Crippen molar-refractivity contribution in [3.8, 4) is 0 Å². The zero-order chi connectivity index (χ0) is 16.3. The Hall–Kier alpha value is -1.23. The van der Waals surface area contributed by atoms with Crippen LogP contribution in [0.25, 0.3) is 0 Å². The van der Waals surface area contributed by atoms with Crippen LogP contribution in [0.15, 0.2) is 22.7 Å². The largest absolute Gasteiger partial charge is 0.444 e. The van der Waals surface area contributed by atoms with Crippen molar-refractivity contribution in [1.29, 1.82) is 0 Å². The Morgan fingerprint density at radius 3 is 2.41 bits per heavy atom. The quantitative estimate of drug-likeness (QED) is 0.788. The molecular weight excluding hydrogens is 344 g/mol. The highest BCUT2D eigenvalue weighted by molar-refractivity contribution is 9.10. The van der Waals surface area contributed by atoms with Gasteiger partial charge in [0, 0.05) is 30.7 Å². The number of hydrogen-bond donors (Lipinski definition) is 0. The summed E-state index contributed by atoms with van der Waals surface area (Å²) in [5, 5.41) is 0. The van der Waals surface area contributed by atoms with Crippen LogP contribution >= 0.6 is 15.9 Å². The molecule has 0 unspecified atom stereocenters. The monoisotopic (exact) mass is 368 g/mol. The highest BCUT2D eigenvalue weighted by atomic mass is 79.9. The molecule has 22 heavy (non-hydrogen) atoms. The highest BCUT2D eigenvalue weighted by Gasteiger charge is 2.27. The molecule has 0 N–H and O–H groups in total. The maximum atomic E-state index is 12.1. The van der Waals surface area contributed by atoms with Crippen molar-refractivity contribution in [1.82, 2.24) is 4.90 Å². The summed E-state index contributed by atoms with van der Waals surface area (Å²) in [4.78, 5) is 16.3. The first-order chi connectivity index (χ1) is 10.3. The first kappa shape index (κ1) is 17.1. The molecule has 0 aliphatic carbocycles. The van der Waals surface area contributed by atoms with Gasteiger partial charge in [0.2, 0.25) is 0 Å². The molecule has 1 aliphatic rings. The fraction of sp³-hybridized carbons (Fsp3) is 0.588. The van der Waals surface area contributed by atoms with Crippen LogP contribution in [0.5, 0.6) is 0 Å². The molecule has 0 bridgehead atoms. The number of carbonyl (C=O) groups is 1. The third-order valence-electron chi connectivity index (χ3n) is 3.70. The van der Waals surface area contributed by atoms with Crippen molar-refractivity contribution >= 4 is 27.7 Å². The van der Waals surface area contributed by atoms with E-state index in [9.17, 15) is 4.79 Å². The van der Waals surface area contributed by atoms with E-state index in [0.717, 1.165) is 24.0 Å². The Morgan fingerprint density at radius 1 is 1.23 bits per heavy atom. The molecule has 4 nitrogen and oxygen atoms in total. The Kier molecular flexibility index (Phi) is 5.37. The molecule has 1 saturated heterocycles. The van der Waals surface area contributed by atoms with Crippen molar-refractivity contribution in [2.45, 2.75) is 39.7 Å². The average molecular weight is 369 g/mol. The van der Waals surface area contributed by atoms with E-state index < -0.39 is 5.60 Å². The summed E-state index contributed by atoms with van der Waals surface area (Å²) < 4.78 is 6.57. The van der Waals surface area contributed by atoms with Gasteiger partial charge in [0.25, 0.3) is 0 Å². The number of carbonyl (C=O) groups excluding carboxylic acids is 1. The van der Waals surface area contributed by atoms with Gasteiger partial charge in [-0.3, -0.25) is 0 Å². The van der Waals surface area contributed by atoms with Crippen LogP contribution in [0.3, 0.4) is 0 Å². The molecule has 0 atom stereocenters. The predicted molar refractivity (Wildman–Crippen MR) is 93.5 cm³/mol. The molecule has 1 aromatic carbocycles. The van der Waals surface area contributed by atoms with Crippen molar-refractivity contribution in [3.05, 3.63) is 28.2 Å². The lowest BCUT2D eigenvalue weighted by Crippen LogP contribution is -2.50. The summed E-state index contributed by atoms with van der Waals surface area (Å²) in [6, 6.07) is 6.32. The van der Waals surface area contributed by atoms with Crippen LogP contribution in [0.1, 0.15) is 33.3 Å². The molecule has 0 radical (unpaired) electrons. The maximum Gasteiger partial charge on any atom is 0.410 e. The minimum Gasteiger partial charge on any atom is -0.444 e. The Bertz CT molecular complexity index is 532. The Balaban J connectivity index is 2.02. The minimum atomic E-state index is -0.438. The van der Waals surface area contributed by atoms with Gasteiger partial charge in [-0.1, -0.05) is 19.1 Å². The normalized spacial score (nSPS) is 15.9. The van der Waals surface area contributed by atoms with Crippen LogP contribution < -0.4 is 4.90 Å². The fourth-order valence-electron chi connectivity index (χ4n) is 2.64. The van der Waals surface area contributed by atoms with E-state index in [1.807, 2.05) is 20.8 Å². The first-order valence-corrected chi connectivity index (χ1v) is 8.61. The zero-order valence-electron chi connectivity index (χ0n) is 13.9. The minimum absolute atomic E-state index is 0.213. The van der Waals surface area contributed by atoms with E-state index in [-0.39, 0.29) is 6.09 Å². The molecule has 1 amide bonds. The molecule has 1 aliphatic heterocycles. The summed E-state index contributed by atoms with van der Waals surface area (Å²) in [5.41, 5.74) is 2.15. The maximum absolute atomic E-state index is 12.1. The van der Waals surface area contributed by atoms with Crippen molar-refractivity contribution < 1.29 is 9.53 Å². The molecule has 1 aromatic rings. The van der Waals surface area contributed by atoms with Gasteiger partial charge < -0.3 is 14.5 Å². The fourth-order valence-corrected chi connectivity index (χ4v) is 3.30. The topological polar surface area (TPSA) is 32.8 Å². The lowest BCUT2D eigenvalue weighted by Gasteiger charge is -2.38. The molecule has 0 spiro atoms. The lowest BCUT2D eigenvalue weighted by molar-refractivity contribution is 0.0240. The number of hydrogen-bond acceptors (Lipinski definition) is 3. The van der Waals surface area contributed by atoms with Gasteiger partial charge in [-0.15, -0.1) is 0 Å². The highest BCUT2D eigenvalue weighted by Crippen LogP contribution is 2.31. The third-order valence-corrected chi connectivity index (χ3v) is 4.34. The number of ether oxygens (including phenoxy) is 1.